The van der Waals surface area contributed by atoms with Gasteiger partial charge in [-0.1, -0.05) is 56.5 Å². The van der Waals surface area contributed by atoms with Crippen molar-refractivity contribution in [2.24, 2.45) is 0 Å². The van der Waals surface area contributed by atoms with Crippen LogP contribution in [0, 0.1) is 0 Å². The molecule has 0 amide bonds. The van der Waals surface area contributed by atoms with Crippen LogP contribution in [0.4, 0.5) is 0 Å². The second-order valence-electron chi connectivity index (χ2n) is 5.61. The van der Waals surface area contributed by atoms with Gasteiger partial charge in [-0.2, -0.15) is 0 Å². The predicted molar refractivity (Wildman–Crippen MR) is 82.4 cm³/mol. The van der Waals surface area contributed by atoms with Crippen LogP contribution in [0.3, 0.4) is 0 Å². The fourth-order valence-corrected chi connectivity index (χ4v) is 3.44. The summed E-state index contributed by atoms with van der Waals surface area (Å²) in [6.07, 6.45) is 6.99. The third kappa shape index (κ3) is 3.80. The highest BCUT2D eigenvalue weighted by Gasteiger charge is 2.26. The van der Waals surface area contributed by atoms with Gasteiger partial charge < -0.3 is 5.32 Å². The molecule has 1 aliphatic carbocycles. The molecule has 1 aromatic rings. The van der Waals surface area contributed by atoms with Gasteiger partial charge >= 0.3 is 0 Å². The maximum Gasteiger partial charge on any atom is 0.0475 e. The summed E-state index contributed by atoms with van der Waals surface area (Å²) in [5.74, 6) is 0. The van der Waals surface area contributed by atoms with Gasteiger partial charge in [0.2, 0.25) is 0 Å². The predicted octanol–water partition coefficient (Wildman–Crippen LogP) is 3.60. The molecule has 1 saturated carbocycles. The largest absolute Gasteiger partial charge is 0.318 e. The molecule has 0 radical (unpaired) electrons. The van der Waals surface area contributed by atoms with Crippen LogP contribution in [0.15, 0.2) is 30.3 Å². The zero-order valence-corrected chi connectivity index (χ0v) is 12.4. The molecular formula is C17H28N2. The van der Waals surface area contributed by atoms with E-state index < -0.39 is 0 Å². The number of nitrogens with zero attached hydrogens (tertiary/aromatic N) is 1. The molecule has 0 aliphatic heterocycles. The second-order valence-corrected chi connectivity index (χ2v) is 5.61. The third-order valence-electron chi connectivity index (χ3n) is 4.39. The summed E-state index contributed by atoms with van der Waals surface area (Å²) in [6, 6.07) is 12.3. The zero-order chi connectivity index (χ0) is 13.5. The number of hydrogen-bond acceptors (Lipinski definition) is 2. The summed E-state index contributed by atoms with van der Waals surface area (Å²) in [7, 11) is 2.06. The molecule has 1 N–H and O–H groups in total. The first-order chi connectivity index (χ1) is 9.36. The molecule has 0 bridgehead atoms. The number of rotatable bonds is 6. The highest BCUT2D eigenvalue weighted by atomic mass is 15.2. The molecule has 2 heteroatoms. The van der Waals surface area contributed by atoms with Crippen molar-refractivity contribution in [3.63, 3.8) is 0 Å². The fourth-order valence-electron chi connectivity index (χ4n) is 3.44. The van der Waals surface area contributed by atoms with E-state index >= 15 is 0 Å². The number of hydrogen-bond donors (Lipinski definition) is 1. The molecule has 0 saturated heterocycles. The summed E-state index contributed by atoms with van der Waals surface area (Å²) in [6.45, 7) is 4.49. The Balaban J connectivity index is 2.15. The van der Waals surface area contributed by atoms with E-state index in [9.17, 15) is 0 Å². The molecule has 19 heavy (non-hydrogen) atoms. The first kappa shape index (κ1) is 14.5. The molecule has 1 atom stereocenters. The van der Waals surface area contributed by atoms with Crippen LogP contribution in [-0.2, 0) is 0 Å². The molecule has 1 unspecified atom stereocenters. The van der Waals surface area contributed by atoms with Gasteiger partial charge in [-0.15, -0.1) is 0 Å². The van der Waals surface area contributed by atoms with Crippen molar-refractivity contribution in [3.05, 3.63) is 35.9 Å². The highest BCUT2D eigenvalue weighted by Crippen LogP contribution is 2.29. The van der Waals surface area contributed by atoms with Gasteiger partial charge in [0.1, 0.15) is 0 Å². The third-order valence-corrected chi connectivity index (χ3v) is 4.39. The molecular weight excluding hydrogens is 232 g/mol. The number of benzene rings is 1. The lowest BCUT2D eigenvalue weighted by atomic mass is 9.92. The minimum Gasteiger partial charge on any atom is -0.318 e. The Kier molecular flexibility index (Phi) is 5.87. The maximum absolute atomic E-state index is 3.38. The smallest absolute Gasteiger partial charge is 0.0475 e. The first-order valence-corrected chi connectivity index (χ1v) is 7.82. The lowest BCUT2D eigenvalue weighted by molar-refractivity contribution is 0.110. The molecule has 1 aliphatic rings. The first-order valence-electron chi connectivity index (χ1n) is 7.82. The second kappa shape index (κ2) is 7.66. The van der Waals surface area contributed by atoms with Crippen LogP contribution in [0.2, 0.25) is 0 Å². The van der Waals surface area contributed by atoms with E-state index in [0.29, 0.717) is 6.04 Å². The maximum atomic E-state index is 3.38. The van der Waals surface area contributed by atoms with E-state index in [4.69, 9.17) is 0 Å². The zero-order valence-electron chi connectivity index (χ0n) is 12.4. The quantitative estimate of drug-likeness (QED) is 0.840. The van der Waals surface area contributed by atoms with Crippen molar-refractivity contribution < 1.29 is 0 Å². The van der Waals surface area contributed by atoms with Crippen molar-refractivity contribution in [1.82, 2.24) is 10.2 Å². The minimum absolute atomic E-state index is 0.513. The van der Waals surface area contributed by atoms with Crippen molar-refractivity contribution >= 4 is 0 Å². The van der Waals surface area contributed by atoms with Gasteiger partial charge in [0.15, 0.2) is 0 Å². The normalized spacial score (nSPS) is 18.7. The van der Waals surface area contributed by atoms with Crippen LogP contribution < -0.4 is 5.32 Å². The average molecular weight is 260 g/mol. The Morgan fingerprint density at radius 2 is 1.84 bits per heavy atom. The molecule has 106 valence electrons. The van der Waals surface area contributed by atoms with Gasteiger partial charge in [0.05, 0.1) is 0 Å². The van der Waals surface area contributed by atoms with Gasteiger partial charge in [-0.05, 0) is 32.0 Å². The van der Waals surface area contributed by atoms with E-state index in [-0.39, 0.29) is 0 Å². The Morgan fingerprint density at radius 1 is 1.16 bits per heavy atom. The van der Waals surface area contributed by atoms with Crippen molar-refractivity contribution in [2.45, 2.75) is 51.1 Å². The Labute approximate surface area is 118 Å². The average Bonchev–Trinajstić information content (AvgIpc) is 2.49. The van der Waals surface area contributed by atoms with E-state index in [1.165, 1.54) is 37.7 Å². The highest BCUT2D eigenvalue weighted by molar-refractivity contribution is 5.19. The molecule has 0 heterocycles. The topological polar surface area (TPSA) is 15.3 Å². The van der Waals surface area contributed by atoms with Gasteiger partial charge in [-0.3, -0.25) is 4.90 Å². The lowest BCUT2D eigenvalue weighted by Gasteiger charge is -2.39. The Morgan fingerprint density at radius 3 is 2.42 bits per heavy atom. The van der Waals surface area contributed by atoms with Crippen LogP contribution in [0.25, 0.3) is 0 Å². The lowest BCUT2D eigenvalue weighted by Crippen LogP contribution is -2.42. The molecule has 2 nitrogen and oxygen atoms in total. The summed E-state index contributed by atoms with van der Waals surface area (Å²) in [5, 5.41) is 3.38. The molecule has 1 fully saturated rings. The van der Waals surface area contributed by atoms with Crippen molar-refractivity contribution in [1.29, 1.82) is 0 Å². The molecule has 2 rings (SSSR count). The summed E-state index contributed by atoms with van der Waals surface area (Å²) >= 11 is 0. The van der Waals surface area contributed by atoms with Crippen LogP contribution >= 0.6 is 0 Å². The van der Waals surface area contributed by atoms with Crippen molar-refractivity contribution in [2.75, 3.05) is 20.1 Å². The Bertz CT molecular complexity index is 344. The van der Waals surface area contributed by atoms with E-state index in [0.717, 1.165) is 19.1 Å². The van der Waals surface area contributed by atoms with Crippen molar-refractivity contribution in [3.8, 4) is 0 Å². The van der Waals surface area contributed by atoms with Crippen LogP contribution in [0.1, 0.15) is 50.6 Å². The van der Waals surface area contributed by atoms with Gasteiger partial charge in [0.25, 0.3) is 0 Å². The van der Waals surface area contributed by atoms with Crippen LogP contribution in [-0.4, -0.2) is 31.1 Å². The monoisotopic (exact) mass is 260 g/mol. The fraction of sp³-hybridized carbons (Fsp3) is 0.647. The van der Waals surface area contributed by atoms with E-state index in [2.05, 4.69) is 54.5 Å². The number of likely N-dealkylation sites (N-methyl/N-ethyl adjacent to an activating group) is 2. The van der Waals surface area contributed by atoms with E-state index in [1.807, 2.05) is 0 Å². The minimum atomic E-state index is 0.513. The molecule has 0 spiro atoms. The summed E-state index contributed by atoms with van der Waals surface area (Å²) < 4.78 is 0. The standard InChI is InChI=1S/C17H28N2/c1-3-19(16-12-8-5-9-13-16)17(14-18-2)15-10-6-4-7-11-15/h4,6-7,10-11,16-18H,3,5,8-9,12-14H2,1-2H3. The molecule has 0 aromatic heterocycles. The van der Waals surface area contributed by atoms with Crippen LogP contribution in [0.5, 0.6) is 0 Å². The molecule has 1 aromatic carbocycles. The SMILES string of the molecule is CCN(C1CCCCC1)C(CNC)c1ccccc1. The summed E-state index contributed by atoms with van der Waals surface area (Å²) in [4.78, 5) is 2.71. The Hall–Kier alpha value is -0.860. The van der Waals surface area contributed by atoms with Gasteiger partial charge in [-0.25, -0.2) is 0 Å². The van der Waals surface area contributed by atoms with E-state index in [1.54, 1.807) is 0 Å². The number of nitrogens with one attached hydrogen (secondary N) is 1. The summed E-state index contributed by atoms with van der Waals surface area (Å²) in [5.41, 5.74) is 1.45. The van der Waals surface area contributed by atoms with Gasteiger partial charge in [0, 0.05) is 18.6 Å².